The predicted octanol–water partition coefficient (Wildman–Crippen LogP) is 3.83. The molecule has 1 fully saturated rings. The number of hydrogen-bond acceptors (Lipinski definition) is 5. The van der Waals surface area contributed by atoms with Gasteiger partial charge in [-0.05, 0) is 66.2 Å². The molecule has 1 aliphatic rings. The predicted molar refractivity (Wildman–Crippen MR) is 144 cm³/mol. The Balaban J connectivity index is 1.41. The maximum Gasteiger partial charge on any atom is 0.267 e. The number of ether oxygens (including phenoxy) is 1. The number of morpholine rings is 1. The number of sulfonamides is 1. The molecule has 2 N–H and O–H groups in total. The molecule has 0 spiro atoms. The normalized spacial score (nSPS) is 14.4. The highest BCUT2D eigenvalue weighted by molar-refractivity contribution is 7.92. The fourth-order valence-electron chi connectivity index (χ4n) is 4.54. The lowest BCUT2D eigenvalue weighted by Gasteiger charge is -2.26. The minimum atomic E-state index is -3.95. The topological polar surface area (TPSA) is 92.7 Å². The number of aromatic nitrogens is 1. The van der Waals surface area contributed by atoms with Crippen molar-refractivity contribution in [3.05, 3.63) is 95.7 Å². The first-order valence-electron chi connectivity index (χ1n) is 12.5. The zero-order valence-electron chi connectivity index (χ0n) is 21.1. The summed E-state index contributed by atoms with van der Waals surface area (Å²) in [6.07, 6.45) is 0. The van der Waals surface area contributed by atoms with Crippen molar-refractivity contribution in [3.63, 3.8) is 0 Å². The first-order valence-corrected chi connectivity index (χ1v) is 14.0. The van der Waals surface area contributed by atoms with Crippen LogP contribution in [0, 0.1) is 11.6 Å². The summed E-state index contributed by atoms with van der Waals surface area (Å²) in [5, 5.41) is 3.62. The van der Waals surface area contributed by atoms with Crippen molar-refractivity contribution in [2.75, 3.05) is 44.1 Å². The Bertz CT molecular complexity index is 1570. The average molecular weight is 555 g/mol. The van der Waals surface area contributed by atoms with Crippen LogP contribution in [-0.4, -0.2) is 63.2 Å². The largest absolute Gasteiger partial charge is 0.379 e. The number of amides is 1. The van der Waals surface area contributed by atoms with Gasteiger partial charge >= 0.3 is 0 Å². The monoisotopic (exact) mass is 554 g/mol. The Morgan fingerprint density at radius 1 is 0.897 bits per heavy atom. The van der Waals surface area contributed by atoms with Crippen molar-refractivity contribution in [2.24, 2.45) is 0 Å². The van der Waals surface area contributed by atoms with E-state index in [9.17, 15) is 22.0 Å². The summed E-state index contributed by atoms with van der Waals surface area (Å²) in [5.41, 5.74) is 2.21. The Morgan fingerprint density at radius 3 is 2.26 bits per heavy atom. The molecule has 204 valence electrons. The second-order valence-corrected chi connectivity index (χ2v) is 11.0. The van der Waals surface area contributed by atoms with Crippen LogP contribution in [0.4, 0.5) is 14.5 Å². The summed E-state index contributed by atoms with van der Waals surface area (Å²) >= 11 is 0. The number of nitrogens with one attached hydrogen (secondary N) is 2. The van der Waals surface area contributed by atoms with Gasteiger partial charge in [-0.15, -0.1) is 0 Å². The molecule has 11 heteroatoms. The van der Waals surface area contributed by atoms with Crippen molar-refractivity contribution < 1.29 is 26.7 Å². The Hall–Kier alpha value is -3.80. The van der Waals surface area contributed by atoms with Gasteiger partial charge in [-0.2, -0.15) is 0 Å². The van der Waals surface area contributed by atoms with Gasteiger partial charge < -0.3 is 14.6 Å². The number of benzene rings is 3. The number of hydrogen-bond donors (Lipinski definition) is 2. The smallest absolute Gasteiger partial charge is 0.267 e. The fourth-order valence-corrected chi connectivity index (χ4v) is 5.59. The Kier molecular flexibility index (Phi) is 7.92. The van der Waals surface area contributed by atoms with E-state index in [1.807, 2.05) is 4.57 Å². The highest BCUT2D eigenvalue weighted by Crippen LogP contribution is 2.26. The summed E-state index contributed by atoms with van der Waals surface area (Å²) in [4.78, 5) is 15.4. The molecule has 1 aromatic heterocycles. The lowest BCUT2D eigenvalue weighted by atomic mass is 10.2. The van der Waals surface area contributed by atoms with Crippen LogP contribution in [0.2, 0.25) is 0 Å². The van der Waals surface area contributed by atoms with E-state index >= 15 is 0 Å². The third-order valence-corrected chi connectivity index (χ3v) is 7.98. The summed E-state index contributed by atoms with van der Waals surface area (Å²) < 4.78 is 62.0. The van der Waals surface area contributed by atoms with Crippen molar-refractivity contribution in [3.8, 4) is 0 Å². The number of halogens is 2. The Morgan fingerprint density at radius 2 is 1.56 bits per heavy atom. The Labute approximate surface area is 225 Å². The molecule has 4 aromatic rings. The van der Waals surface area contributed by atoms with Crippen LogP contribution in [0.1, 0.15) is 16.1 Å². The zero-order chi connectivity index (χ0) is 27.4. The third-order valence-electron chi connectivity index (χ3n) is 6.58. The van der Waals surface area contributed by atoms with E-state index in [-0.39, 0.29) is 16.6 Å². The summed E-state index contributed by atoms with van der Waals surface area (Å²) in [6, 6.07) is 17.3. The highest BCUT2D eigenvalue weighted by Gasteiger charge is 2.19. The molecule has 0 aliphatic carbocycles. The van der Waals surface area contributed by atoms with Gasteiger partial charge in [0.2, 0.25) is 0 Å². The van der Waals surface area contributed by atoms with Gasteiger partial charge in [0, 0.05) is 49.3 Å². The molecule has 2 heterocycles. The van der Waals surface area contributed by atoms with Gasteiger partial charge in [0.15, 0.2) is 0 Å². The van der Waals surface area contributed by atoms with Gasteiger partial charge in [-0.1, -0.05) is 12.1 Å². The quantitative estimate of drug-likeness (QED) is 0.328. The van der Waals surface area contributed by atoms with E-state index in [1.54, 1.807) is 36.4 Å². The molecule has 1 saturated heterocycles. The van der Waals surface area contributed by atoms with Crippen LogP contribution in [0.25, 0.3) is 10.9 Å². The standard InChI is InChI=1S/C28H28F2N4O4S/c29-22-3-1-20(2-4-22)19-34-26-10-7-24(32-39(36,37)25-8-5-23(30)6-9-25)17-21(26)18-27(34)28(35)31-11-12-33-13-15-38-16-14-33/h1-10,17-18,32H,11-16,19H2,(H,31,35). The minimum Gasteiger partial charge on any atom is -0.379 e. The minimum absolute atomic E-state index is 0.0711. The van der Waals surface area contributed by atoms with Crippen molar-refractivity contribution in [1.29, 1.82) is 0 Å². The molecular weight excluding hydrogens is 526 g/mol. The van der Waals surface area contributed by atoms with E-state index in [1.165, 1.54) is 24.3 Å². The molecule has 3 aromatic carbocycles. The fraction of sp³-hybridized carbons (Fsp3) is 0.250. The number of carbonyl (C=O) groups excluding carboxylic acids is 1. The number of fused-ring (bicyclic) bond motifs is 1. The molecule has 8 nitrogen and oxygen atoms in total. The molecule has 1 aliphatic heterocycles. The second-order valence-electron chi connectivity index (χ2n) is 9.29. The molecule has 0 bridgehead atoms. The summed E-state index contributed by atoms with van der Waals surface area (Å²) in [5.74, 6) is -1.15. The highest BCUT2D eigenvalue weighted by atomic mass is 32.2. The van der Waals surface area contributed by atoms with Gasteiger partial charge in [0.1, 0.15) is 17.3 Å². The molecule has 5 rings (SSSR count). The van der Waals surface area contributed by atoms with Crippen LogP contribution in [0.5, 0.6) is 0 Å². The van der Waals surface area contributed by atoms with Crippen LogP contribution < -0.4 is 10.0 Å². The van der Waals surface area contributed by atoms with E-state index in [0.29, 0.717) is 55.1 Å². The van der Waals surface area contributed by atoms with Crippen LogP contribution in [0.15, 0.2) is 77.7 Å². The average Bonchev–Trinajstić information content (AvgIpc) is 3.28. The molecule has 0 radical (unpaired) electrons. The maximum atomic E-state index is 13.5. The number of carbonyl (C=O) groups is 1. The number of anilines is 1. The lowest BCUT2D eigenvalue weighted by molar-refractivity contribution is 0.0383. The maximum absolute atomic E-state index is 13.5. The molecule has 0 unspecified atom stereocenters. The van der Waals surface area contributed by atoms with Gasteiger partial charge in [0.25, 0.3) is 15.9 Å². The van der Waals surface area contributed by atoms with Crippen LogP contribution in [-0.2, 0) is 21.3 Å². The number of nitrogens with zero attached hydrogens (tertiary/aromatic N) is 2. The van der Waals surface area contributed by atoms with E-state index < -0.39 is 15.8 Å². The van der Waals surface area contributed by atoms with Crippen molar-refractivity contribution in [1.82, 2.24) is 14.8 Å². The summed E-state index contributed by atoms with van der Waals surface area (Å²) in [6.45, 7) is 4.45. The third kappa shape index (κ3) is 6.44. The number of rotatable bonds is 9. The van der Waals surface area contributed by atoms with Gasteiger partial charge in [-0.25, -0.2) is 17.2 Å². The second kappa shape index (κ2) is 11.5. The van der Waals surface area contributed by atoms with E-state index in [4.69, 9.17) is 4.74 Å². The van der Waals surface area contributed by atoms with Crippen LogP contribution in [0.3, 0.4) is 0 Å². The van der Waals surface area contributed by atoms with E-state index in [0.717, 1.165) is 30.8 Å². The lowest BCUT2D eigenvalue weighted by Crippen LogP contribution is -2.41. The zero-order valence-corrected chi connectivity index (χ0v) is 21.9. The molecule has 1 amide bonds. The SMILES string of the molecule is O=C(NCCN1CCOCC1)c1cc2cc(NS(=O)(=O)c3ccc(F)cc3)ccc2n1Cc1ccc(F)cc1. The van der Waals surface area contributed by atoms with Gasteiger partial charge in [0.05, 0.1) is 18.1 Å². The first kappa shape index (κ1) is 26.8. The molecule has 0 saturated carbocycles. The first-order chi connectivity index (χ1) is 18.8. The van der Waals surface area contributed by atoms with E-state index in [2.05, 4.69) is 14.9 Å². The molecular formula is C28H28F2N4O4S. The van der Waals surface area contributed by atoms with Gasteiger partial charge in [-0.3, -0.25) is 14.4 Å². The molecule has 39 heavy (non-hydrogen) atoms. The van der Waals surface area contributed by atoms with Crippen molar-refractivity contribution >= 4 is 32.5 Å². The van der Waals surface area contributed by atoms with Crippen LogP contribution >= 0.6 is 0 Å². The summed E-state index contributed by atoms with van der Waals surface area (Å²) in [7, 11) is -3.95. The van der Waals surface area contributed by atoms with Crippen molar-refractivity contribution in [2.45, 2.75) is 11.4 Å². The molecule has 0 atom stereocenters.